The van der Waals surface area contributed by atoms with Crippen molar-refractivity contribution < 1.29 is 9.53 Å². The fourth-order valence-electron chi connectivity index (χ4n) is 1.80. The average Bonchev–Trinajstić information content (AvgIpc) is 2.35. The lowest BCUT2D eigenvalue weighted by atomic mass is 9.84. The van der Waals surface area contributed by atoms with Gasteiger partial charge in [0.25, 0.3) is 0 Å². The summed E-state index contributed by atoms with van der Waals surface area (Å²) in [5, 5.41) is 0. The van der Waals surface area contributed by atoms with Crippen molar-refractivity contribution in [2.75, 3.05) is 7.11 Å². The van der Waals surface area contributed by atoms with E-state index in [1.165, 1.54) is 7.11 Å². The van der Waals surface area contributed by atoms with E-state index in [1.807, 2.05) is 30.3 Å². The van der Waals surface area contributed by atoms with E-state index < -0.39 is 0 Å². The van der Waals surface area contributed by atoms with Crippen molar-refractivity contribution in [3.05, 3.63) is 48.0 Å². The van der Waals surface area contributed by atoms with Crippen LogP contribution < -0.4 is 0 Å². The van der Waals surface area contributed by atoms with Gasteiger partial charge in [-0.25, -0.2) is 0 Å². The van der Waals surface area contributed by atoms with Gasteiger partial charge in [-0.3, -0.25) is 4.79 Å². The monoisotopic (exact) mass is 232 g/mol. The molecule has 0 spiro atoms. The molecular formula is C15H20O2. The summed E-state index contributed by atoms with van der Waals surface area (Å²) in [4.78, 5) is 11.5. The lowest BCUT2D eigenvalue weighted by Gasteiger charge is -2.21. The van der Waals surface area contributed by atoms with E-state index in [9.17, 15) is 4.79 Å². The summed E-state index contributed by atoms with van der Waals surface area (Å²) in [5.74, 6) is 0.203. The molecule has 1 aromatic rings. The van der Waals surface area contributed by atoms with Gasteiger partial charge >= 0.3 is 5.97 Å². The van der Waals surface area contributed by atoms with Gasteiger partial charge in [0.2, 0.25) is 0 Å². The van der Waals surface area contributed by atoms with Crippen molar-refractivity contribution in [1.82, 2.24) is 0 Å². The Bertz CT molecular complexity index is 379. The Hall–Kier alpha value is -1.57. The van der Waals surface area contributed by atoms with Crippen LogP contribution in [0.2, 0.25) is 0 Å². The van der Waals surface area contributed by atoms with Crippen molar-refractivity contribution in [1.29, 1.82) is 0 Å². The zero-order chi connectivity index (χ0) is 12.8. The second-order valence-corrected chi connectivity index (χ2v) is 4.47. The van der Waals surface area contributed by atoms with Crippen molar-refractivity contribution >= 4 is 5.97 Å². The smallest absolute Gasteiger partial charge is 0.306 e. The van der Waals surface area contributed by atoms with Crippen LogP contribution in [0.3, 0.4) is 0 Å². The van der Waals surface area contributed by atoms with Gasteiger partial charge in [0.15, 0.2) is 0 Å². The number of ether oxygens (including phenoxy) is 1. The van der Waals surface area contributed by atoms with Crippen LogP contribution in [0, 0.1) is 5.92 Å². The Kier molecular flexibility index (Phi) is 4.95. The van der Waals surface area contributed by atoms with E-state index in [2.05, 4.69) is 20.4 Å². The fraction of sp³-hybridized carbons (Fsp3) is 0.400. The normalized spacial score (nSPS) is 12.2. The summed E-state index contributed by atoms with van der Waals surface area (Å²) in [5.41, 5.74) is 2.19. The molecule has 0 aliphatic carbocycles. The predicted octanol–water partition coefficient (Wildman–Crippen LogP) is 3.55. The molecule has 1 atom stereocenters. The van der Waals surface area contributed by atoms with E-state index in [4.69, 9.17) is 4.74 Å². The predicted molar refractivity (Wildman–Crippen MR) is 69.8 cm³/mol. The highest BCUT2D eigenvalue weighted by molar-refractivity contribution is 5.71. The van der Waals surface area contributed by atoms with Crippen LogP contribution in [-0.4, -0.2) is 13.1 Å². The van der Waals surface area contributed by atoms with Crippen LogP contribution in [0.5, 0.6) is 0 Å². The quantitative estimate of drug-likeness (QED) is 0.573. The molecule has 1 unspecified atom stereocenters. The molecule has 0 aliphatic heterocycles. The summed E-state index contributed by atoms with van der Waals surface area (Å²) in [6.07, 6.45) is 0.359. The maximum Gasteiger partial charge on any atom is 0.306 e. The summed E-state index contributed by atoms with van der Waals surface area (Å²) in [6, 6.07) is 9.99. The zero-order valence-corrected chi connectivity index (χ0v) is 10.8. The van der Waals surface area contributed by atoms with Crippen LogP contribution in [0.25, 0.3) is 0 Å². The van der Waals surface area contributed by atoms with Gasteiger partial charge in [0.05, 0.1) is 13.5 Å². The average molecular weight is 232 g/mol. The first-order valence-electron chi connectivity index (χ1n) is 5.86. The van der Waals surface area contributed by atoms with Gasteiger partial charge in [0.1, 0.15) is 0 Å². The van der Waals surface area contributed by atoms with E-state index in [-0.39, 0.29) is 11.9 Å². The third kappa shape index (κ3) is 3.74. The molecule has 0 radical (unpaired) electrons. The molecule has 0 saturated carbocycles. The number of carbonyl (C=O) groups excluding carboxylic acids is 1. The molecule has 0 N–H and O–H groups in total. The highest BCUT2D eigenvalue weighted by atomic mass is 16.5. The number of hydrogen-bond donors (Lipinski definition) is 0. The number of rotatable bonds is 5. The summed E-state index contributed by atoms with van der Waals surface area (Å²) < 4.78 is 4.75. The summed E-state index contributed by atoms with van der Waals surface area (Å²) in [6.45, 7) is 8.30. The van der Waals surface area contributed by atoms with Crippen LogP contribution in [0.1, 0.15) is 31.7 Å². The zero-order valence-electron chi connectivity index (χ0n) is 10.8. The first-order chi connectivity index (χ1) is 8.06. The topological polar surface area (TPSA) is 26.3 Å². The van der Waals surface area contributed by atoms with Crippen molar-refractivity contribution in [3.8, 4) is 0 Å². The molecule has 2 heteroatoms. The molecule has 0 aromatic heterocycles. The van der Waals surface area contributed by atoms with E-state index in [1.54, 1.807) is 0 Å². The Morgan fingerprint density at radius 3 is 2.35 bits per heavy atom. The number of allylic oxidation sites excluding steroid dienone is 1. The van der Waals surface area contributed by atoms with E-state index >= 15 is 0 Å². The molecule has 0 aliphatic rings. The second kappa shape index (κ2) is 6.24. The Morgan fingerprint density at radius 1 is 1.29 bits per heavy atom. The molecule has 1 rings (SSSR count). The lowest BCUT2D eigenvalue weighted by Crippen LogP contribution is -2.13. The molecular weight excluding hydrogens is 212 g/mol. The Balaban J connectivity index is 2.94. The van der Waals surface area contributed by atoms with Gasteiger partial charge in [-0.05, 0) is 11.5 Å². The third-order valence-electron chi connectivity index (χ3n) is 2.99. The molecule has 0 heterocycles. The van der Waals surface area contributed by atoms with E-state index in [0.717, 1.165) is 11.1 Å². The standard InChI is InChI=1S/C15H20O2/c1-11(2)12(3)14(10-15(16)17-4)13-8-6-5-7-9-13/h5-9,11,14H,3,10H2,1-2,4H3. The third-order valence-corrected chi connectivity index (χ3v) is 2.99. The van der Waals surface area contributed by atoms with Crippen LogP contribution in [-0.2, 0) is 9.53 Å². The van der Waals surface area contributed by atoms with Crippen LogP contribution in [0.4, 0.5) is 0 Å². The molecule has 0 fully saturated rings. The molecule has 17 heavy (non-hydrogen) atoms. The van der Waals surface area contributed by atoms with Gasteiger partial charge in [-0.15, -0.1) is 0 Å². The number of carbonyl (C=O) groups is 1. The maximum absolute atomic E-state index is 11.5. The Morgan fingerprint density at radius 2 is 1.88 bits per heavy atom. The minimum atomic E-state index is -0.194. The van der Waals surface area contributed by atoms with Crippen molar-refractivity contribution in [2.45, 2.75) is 26.2 Å². The fourth-order valence-corrected chi connectivity index (χ4v) is 1.80. The van der Waals surface area contributed by atoms with Gasteiger partial charge in [-0.1, -0.05) is 56.3 Å². The van der Waals surface area contributed by atoms with Crippen molar-refractivity contribution in [3.63, 3.8) is 0 Å². The molecule has 2 nitrogen and oxygen atoms in total. The number of benzene rings is 1. The molecule has 0 bridgehead atoms. The SMILES string of the molecule is C=C(C(C)C)C(CC(=O)OC)c1ccccc1. The van der Waals surface area contributed by atoms with Gasteiger partial charge in [0, 0.05) is 5.92 Å². The largest absolute Gasteiger partial charge is 0.469 e. The highest BCUT2D eigenvalue weighted by Gasteiger charge is 2.21. The molecule has 92 valence electrons. The van der Waals surface area contributed by atoms with Crippen LogP contribution >= 0.6 is 0 Å². The minimum absolute atomic E-state index is 0.0450. The highest BCUT2D eigenvalue weighted by Crippen LogP contribution is 2.31. The molecule has 0 saturated heterocycles. The number of hydrogen-bond acceptors (Lipinski definition) is 2. The van der Waals surface area contributed by atoms with Gasteiger partial charge in [-0.2, -0.15) is 0 Å². The summed E-state index contributed by atoms with van der Waals surface area (Å²) in [7, 11) is 1.42. The number of esters is 1. The molecule has 1 aromatic carbocycles. The summed E-state index contributed by atoms with van der Waals surface area (Å²) >= 11 is 0. The van der Waals surface area contributed by atoms with E-state index in [0.29, 0.717) is 12.3 Å². The first-order valence-corrected chi connectivity index (χ1v) is 5.86. The first kappa shape index (κ1) is 13.5. The van der Waals surface area contributed by atoms with Gasteiger partial charge < -0.3 is 4.74 Å². The lowest BCUT2D eigenvalue weighted by molar-refractivity contribution is -0.140. The number of methoxy groups -OCH3 is 1. The van der Waals surface area contributed by atoms with Crippen LogP contribution in [0.15, 0.2) is 42.5 Å². The van der Waals surface area contributed by atoms with Crippen molar-refractivity contribution in [2.24, 2.45) is 5.92 Å². The minimum Gasteiger partial charge on any atom is -0.469 e. The maximum atomic E-state index is 11.5. The Labute approximate surface area is 103 Å². The second-order valence-electron chi connectivity index (χ2n) is 4.47. The molecule has 0 amide bonds.